The fourth-order valence-corrected chi connectivity index (χ4v) is 2.70. The van der Waals surface area contributed by atoms with Gasteiger partial charge in [-0.25, -0.2) is 0 Å². The Hall–Kier alpha value is -0.770. The lowest BCUT2D eigenvalue weighted by Crippen LogP contribution is -2.44. The van der Waals surface area contributed by atoms with E-state index in [1.165, 1.54) is 11.3 Å². The fourth-order valence-electron chi connectivity index (χ4n) is 2.47. The van der Waals surface area contributed by atoms with E-state index in [0.29, 0.717) is 6.04 Å². The summed E-state index contributed by atoms with van der Waals surface area (Å²) >= 11 is 6.38. The zero-order chi connectivity index (χ0) is 13.7. The quantitative estimate of drug-likeness (QED) is 0.840. The van der Waals surface area contributed by atoms with E-state index in [9.17, 15) is 0 Å². The molecule has 0 aliphatic carbocycles. The molecule has 2 rings (SSSR count). The van der Waals surface area contributed by atoms with Crippen LogP contribution in [-0.2, 0) is 11.3 Å². The van der Waals surface area contributed by atoms with Gasteiger partial charge in [-0.05, 0) is 32.0 Å². The van der Waals surface area contributed by atoms with Gasteiger partial charge in [0, 0.05) is 35.4 Å². The molecule has 4 heteroatoms. The lowest BCUT2D eigenvalue weighted by atomic mass is 10.1. The molecule has 0 radical (unpaired) electrons. The van der Waals surface area contributed by atoms with Crippen molar-refractivity contribution in [1.29, 1.82) is 0 Å². The Balaban J connectivity index is 2.20. The van der Waals surface area contributed by atoms with Crippen molar-refractivity contribution in [3.8, 4) is 0 Å². The van der Waals surface area contributed by atoms with Crippen LogP contribution in [0.25, 0.3) is 0 Å². The van der Waals surface area contributed by atoms with Crippen LogP contribution in [0.5, 0.6) is 0 Å². The van der Waals surface area contributed by atoms with Gasteiger partial charge >= 0.3 is 0 Å². The molecule has 1 saturated heterocycles. The summed E-state index contributed by atoms with van der Waals surface area (Å²) in [6, 6.07) is 6.57. The SMILES string of the molecule is CCCNCc1c(Cl)cccc1N1CCOCC1C. The number of anilines is 1. The molecule has 1 heterocycles. The van der Waals surface area contributed by atoms with Gasteiger partial charge in [0.05, 0.1) is 13.2 Å². The molecule has 1 aromatic rings. The topological polar surface area (TPSA) is 24.5 Å². The van der Waals surface area contributed by atoms with Gasteiger partial charge in [0.25, 0.3) is 0 Å². The second-order valence-corrected chi connectivity index (χ2v) is 5.44. The summed E-state index contributed by atoms with van der Waals surface area (Å²) in [6.07, 6.45) is 1.13. The fraction of sp³-hybridized carbons (Fsp3) is 0.600. The Labute approximate surface area is 120 Å². The number of rotatable bonds is 5. The smallest absolute Gasteiger partial charge is 0.0668 e. The van der Waals surface area contributed by atoms with Crippen LogP contribution < -0.4 is 10.2 Å². The van der Waals surface area contributed by atoms with E-state index >= 15 is 0 Å². The summed E-state index contributed by atoms with van der Waals surface area (Å²) < 4.78 is 5.51. The van der Waals surface area contributed by atoms with Crippen LogP contribution in [0.15, 0.2) is 18.2 Å². The van der Waals surface area contributed by atoms with E-state index in [2.05, 4.69) is 30.1 Å². The van der Waals surface area contributed by atoms with Crippen LogP contribution in [0.1, 0.15) is 25.8 Å². The normalized spacial score (nSPS) is 19.7. The van der Waals surface area contributed by atoms with Crippen LogP contribution in [-0.4, -0.2) is 32.3 Å². The molecule has 1 N–H and O–H groups in total. The predicted molar refractivity (Wildman–Crippen MR) is 81.1 cm³/mol. The Bertz CT molecular complexity index is 411. The molecule has 0 bridgehead atoms. The third kappa shape index (κ3) is 3.62. The van der Waals surface area contributed by atoms with E-state index in [1.54, 1.807) is 0 Å². The molecule has 0 amide bonds. The van der Waals surface area contributed by atoms with Crippen molar-refractivity contribution in [3.63, 3.8) is 0 Å². The Morgan fingerprint density at radius 2 is 2.32 bits per heavy atom. The molecule has 106 valence electrons. The van der Waals surface area contributed by atoms with Crippen molar-refractivity contribution in [2.24, 2.45) is 0 Å². The average molecular weight is 283 g/mol. The van der Waals surface area contributed by atoms with Crippen LogP contribution in [0.2, 0.25) is 5.02 Å². The summed E-state index contributed by atoms with van der Waals surface area (Å²) in [6.45, 7) is 8.72. The van der Waals surface area contributed by atoms with Gasteiger partial charge in [-0.1, -0.05) is 24.6 Å². The van der Waals surface area contributed by atoms with Crippen LogP contribution in [0.4, 0.5) is 5.69 Å². The number of hydrogen-bond donors (Lipinski definition) is 1. The highest BCUT2D eigenvalue weighted by molar-refractivity contribution is 6.31. The molecular weight excluding hydrogens is 260 g/mol. The van der Waals surface area contributed by atoms with Gasteiger partial charge in [-0.3, -0.25) is 0 Å². The molecule has 0 saturated carbocycles. The minimum Gasteiger partial charge on any atom is -0.377 e. The Morgan fingerprint density at radius 1 is 1.47 bits per heavy atom. The van der Waals surface area contributed by atoms with Crippen LogP contribution in [0, 0.1) is 0 Å². The maximum atomic E-state index is 6.38. The van der Waals surface area contributed by atoms with Gasteiger partial charge in [-0.15, -0.1) is 0 Å². The first-order valence-electron chi connectivity index (χ1n) is 7.06. The summed E-state index contributed by atoms with van der Waals surface area (Å²) in [4.78, 5) is 2.40. The lowest BCUT2D eigenvalue weighted by molar-refractivity contribution is 0.0988. The maximum absolute atomic E-state index is 6.38. The molecule has 3 nitrogen and oxygen atoms in total. The molecule has 1 fully saturated rings. The summed E-state index contributed by atoms with van der Waals surface area (Å²) in [7, 11) is 0. The van der Waals surface area contributed by atoms with Crippen molar-refractivity contribution in [2.75, 3.05) is 31.2 Å². The largest absolute Gasteiger partial charge is 0.377 e. The molecule has 19 heavy (non-hydrogen) atoms. The van der Waals surface area contributed by atoms with E-state index in [0.717, 1.165) is 44.3 Å². The molecule has 1 aliphatic rings. The summed E-state index contributed by atoms with van der Waals surface area (Å²) in [5, 5.41) is 4.29. The van der Waals surface area contributed by atoms with Gasteiger partial charge < -0.3 is 15.0 Å². The molecule has 0 spiro atoms. The molecule has 1 aliphatic heterocycles. The number of morpholine rings is 1. The zero-order valence-electron chi connectivity index (χ0n) is 11.8. The number of nitrogens with one attached hydrogen (secondary N) is 1. The standard InChI is InChI=1S/C15H23ClN2O/c1-3-7-17-10-13-14(16)5-4-6-15(13)18-8-9-19-11-12(18)2/h4-6,12,17H,3,7-11H2,1-2H3. The minimum absolute atomic E-state index is 0.400. The highest BCUT2D eigenvalue weighted by Crippen LogP contribution is 2.29. The second kappa shape index (κ2) is 7.13. The number of ether oxygens (including phenoxy) is 1. The average Bonchev–Trinajstić information content (AvgIpc) is 2.41. The van der Waals surface area contributed by atoms with E-state index in [-0.39, 0.29) is 0 Å². The first-order chi connectivity index (χ1) is 9.24. The highest BCUT2D eigenvalue weighted by atomic mass is 35.5. The number of benzene rings is 1. The van der Waals surface area contributed by atoms with Crippen molar-refractivity contribution in [3.05, 3.63) is 28.8 Å². The second-order valence-electron chi connectivity index (χ2n) is 5.03. The highest BCUT2D eigenvalue weighted by Gasteiger charge is 2.22. The summed E-state index contributed by atoms with van der Waals surface area (Å²) in [5.74, 6) is 0. The monoisotopic (exact) mass is 282 g/mol. The molecule has 1 unspecified atom stereocenters. The van der Waals surface area contributed by atoms with E-state index in [4.69, 9.17) is 16.3 Å². The molecule has 1 aromatic carbocycles. The van der Waals surface area contributed by atoms with Crippen molar-refractivity contribution < 1.29 is 4.74 Å². The third-order valence-electron chi connectivity index (χ3n) is 3.50. The zero-order valence-corrected chi connectivity index (χ0v) is 12.5. The maximum Gasteiger partial charge on any atom is 0.0668 e. The predicted octanol–water partition coefficient (Wildman–Crippen LogP) is 3.06. The number of nitrogens with zero attached hydrogens (tertiary/aromatic N) is 1. The van der Waals surface area contributed by atoms with Gasteiger partial charge in [0.1, 0.15) is 0 Å². The molecular formula is C15H23ClN2O. The van der Waals surface area contributed by atoms with Crippen molar-refractivity contribution >= 4 is 17.3 Å². The van der Waals surface area contributed by atoms with Crippen LogP contribution >= 0.6 is 11.6 Å². The van der Waals surface area contributed by atoms with Gasteiger partial charge in [0.15, 0.2) is 0 Å². The van der Waals surface area contributed by atoms with E-state index < -0.39 is 0 Å². The molecule has 0 aromatic heterocycles. The minimum atomic E-state index is 0.400. The number of hydrogen-bond acceptors (Lipinski definition) is 3. The first kappa shape index (κ1) is 14.6. The van der Waals surface area contributed by atoms with E-state index in [1.807, 2.05) is 12.1 Å². The van der Waals surface area contributed by atoms with Crippen LogP contribution in [0.3, 0.4) is 0 Å². The first-order valence-corrected chi connectivity index (χ1v) is 7.44. The summed E-state index contributed by atoms with van der Waals surface area (Å²) in [5.41, 5.74) is 2.44. The third-order valence-corrected chi connectivity index (χ3v) is 3.85. The molecule has 1 atom stereocenters. The van der Waals surface area contributed by atoms with Gasteiger partial charge in [-0.2, -0.15) is 0 Å². The van der Waals surface area contributed by atoms with Gasteiger partial charge in [0.2, 0.25) is 0 Å². The Morgan fingerprint density at radius 3 is 3.05 bits per heavy atom. The van der Waals surface area contributed by atoms with Crippen molar-refractivity contribution in [2.45, 2.75) is 32.9 Å². The lowest BCUT2D eigenvalue weighted by Gasteiger charge is -2.36. The van der Waals surface area contributed by atoms with Crippen molar-refractivity contribution in [1.82, 2.24) is 5.32 Å². The Kier molecular flexibility index (Phi) is 5.49. The number of halogens is 1.